The van der Waals surface area contributed by atoms with Crippen molar-refractivity contribution in [2.45, 2.75) is 168 Å². The Bertz CT molecular complexity index is 671. The summed E-state index contributed by atoms with van der Waals surface area (Å²) in [7, 11) is 3.68. The molecule has 4 amide bonds. The van der Waals surface area contributed by atoms with Gasteiger partial charge in [0.1, 0.15) is 0 Å². The van der Waals surface area contributed by atoms with E-state index >= 15 is 0 Å². The number of carbonyl (C=O) groups is 4. The summed E-state index contributed by atoms with van der Waals surface area (Å²) < 4.78 is 0. The molecule has 8 heteroatoms. The molecule has 0 heterocycles. The molecule has 44 heavy (non-hydrogen) atoms. The quantitative estimate of drug-likeness (QED) is 0.0781. The second-order valence-electron chi connectivity index (χ2n) is 12.7. The van der Waals surface area contributed by atoms with Crippen LogP contribution >= 0.6 is 0 Å². The van der Waals surface area contributed by atoms with Gasteiger partial charge in [-0.2, -0.15) is 0 Å². The fourth-order valence-electron chi connectivity index (χ4n) is 5.27. The lowest BCUT2D eigenvalue weighted by molar-refractivity contribution is -0.132. The van der Waals surface area contributed by atoms with Crippen LogP contribution in [0.2, 0.25) is 0 Å². The second-order valence-corrected chi connectivity index (χ2v) is 12.7. The molecule has 0 radical (unpaired) electrons. The number of rotatable bonds is 31. The lowest BCUT2D eigenvalue weighted by Crippen LogP contribution is -2.30. The maximum absolute atomic E-state index is 12.2. The summed E-state index contributed by atoms with van der Waals surface area (Å²) in [5.41, 5.74) is 0. The molecule has 0 aliphatic carbocycles. The molecule has 0 saturated heterocycles. The van der Waals surface area contributed by atoms with Crippen molar-refractivity contribution in [2.24, 2.45) is 0 Å². The minimum Gasteiger partial charge on any atom is -0.356 e. The van der Waals surface area contributed by atoms with E-state index in [4.69, 9.17) is 0 Å². The van der Waals surface area contributed by atoms with Gasteiger partial charge < -0.3 is 20.4 Å². The van der Waals surface area contributed by atoms with Crippen molar-refractivity contribution in [3.8, 4) is 0 Å². The van der Waals surface area contributed by atoms with Gasteiger partial charge in [0.2, 0.25) is 23.6 Å². The monoisotopic (exact) mass is 623 g/mol. The molecular weight excluding hydrogens is 552 g/mol. The Hall–Kier alpha value is -2.12. The van der Waals surface area contributed by atoms with Crippen LogP contribution in [0.15, 0.2) is 0 Å². The number of hydrogen-bond donors (Lipinski definition) is 2. The van der Waals surface area contributed by atoms with Gasteiger partial charge in [-0.25, -0.2) is 0 Å². The average Bonchev–Trinajstić information content (AvgIpc) is 3.02. The van der Waals surface area contributed by atoms with E-state index in [1.54, 1.807) is 9.80 Å². The van der Waals surface area contributed by atoms with Crippen molar-refractivity contribution in [1.82, 2.24) is 20.4 Å². The van der Waals surface area contributed by atoms with Gasteiger partial charge in [-0.3, -0.25) is 19.2 Å². The molecule has 0 aromatic carbocycles. The van der Waals surface area contributed by atoms with Crippen molar-refractivity contribution in [1.29, 1.82) is 0 Å². The van der Waals surface area contributed by atoms with Gasteiger partial charge in [-0.05, 0) is 25.7 Å². The molecule has 0 bridgehead atoms. The predicted molar refractivity (Wildman–Crippen MR) is 183 cm³/mol. The van der Waals surface area contributed by atoms with Crippen molar-refractivity contribution in [3.05, 3.63) is 0 Å². The van der Waals surface area contributed by atoms with Gasteiger partial charge in [0.15, 0.2) is 0 Å². The number of carbonyl (C=O) groups excluding carboxylic acids is 4. The summed E-state index contributed by atoms with van der Waals surface area (Å²) in [4.78, 5) is 52.0. The Morgan fingerprint density at radius 1 is 0.409 bits per heavy atom. The zero-order chi connectivity index (χ0) is 32.7. The topological polar surface area (TPSA) is 98.8 Å². The predicted octanol–water partition coefficient (Wildman–Crippen LogP) is 7.54. The van der Waals surface area contributed by atoms with E-state index in [-0.39, 0.29) is 36.5 Å². The van der Waals surface area contributed by atoms with Gasteiger partial charge in [0, 0.05) is 66.0 Å². The van der Waals surface area contributed by atoms with Crippen molar-refractivity contribution in [3.63, 3.8) is 0 Å². The summed E-state index contributed by atoms with van der Waals surface area (Å²) in [6.07, 6.45) is 24.6. The molecule has 0 spiro atoms. The van der Waals surface area contributed by atoms with Crippen LogP contribution in [-0.2, 0) is 19.2 Å². The van der Waals surface area contributed by atoms with E-state index in [0.29, 0.717) is 25.9 Å². The highest BCUT2D eigenvalue weighted by Crippen LogP contribution is 2.11. The lowest BCUT2D eigenvalue weighted by Gasteiger charge is -2.17. The maximum atomic E-state index is 12.2. The first kappa shape index (κ1) is 41.9. The Labute approximate surface area is 271 Å². The molecule has 0 aliphatic rings. The zero-order valence-corrected chi connectivity index (χ0v) is 29.3. The molecule has 0 aromatic rings. The Morgan fingerprint density at radius 2 is 0.705 bits per heavy atom. The Kier molecular flexibility index (Phi) is 29.4. The first-order valence-corrected chi connectivity index (χ1v) is 18.3. The molecule has 2 N–H and O–H groups in total. The largest absolute Gasteiger partial charge is 0.356 e. The molecule has 0 aliphatic heterocycles. The van der Waals surface area contributed by atoms with E-state index < -0.39 is 0 Å². The van der Waals surface area contributed by atoms with Crippen LogP contribution in [0.1, 0.15) is 168 Å². The van der Waals surface area contributed by atoms with Crippen LogP contribution in [0, 0.1) is 0 Å². The summed E-state index contributed by atoms with van der Waals surface area (Å²) >= 11 is 0. The standard InChI is InChI=1S/C36H70N4O4/c1-5-7-9-19-23-31-39(3)35(43)27-25-33(41)37-29-21-17-15-13-11-12-14-16-18-22-30-38-34(42)26-28-36(44)40(4)32-24-20-10-8-6-2/h5-32H2,1-4H3,(H,37,41)(H,38,42). The molecule has 8 nitrogen and oxygen atoms in total. The lowest BCUT2D eigenvalue weighted by atomic mass is 10.1. The summed E-state index contributed by atoms with van der Waals surface area (Å²) in [5, 5.41) is 5.92. The molecule has 0 unspecified atom stereocenters. The van der Waals surface area contributed by atoms with Crippen LogP contribution in [0.3, 0.4) is 0 Å². The first-order valence-electron chi connectivity index (χ1n) is 18.3. The van der Waals surface area contributed by atoms with Crippen LogP contribution in [0.4, 0.5) is 0 Å². The van der Waals surface area contributed by atoms with Crippen molar-refractivity contribution >= 4 is 23.6 Å². The van der Waals surface area contributed by atoms with Gasteiger partial charge in [0.25, 0.3) is 0 Å². The highest BCUT2D eigenvalue weighted by Gasteiger charge is 2.12. The molecule has 0 aromatic heterocycles. The minimum absolute atomic E-state index is 0.0176. The zero-order valence-electron chi connectivity index (χ0n) is 29.3. The smallest absolute Gasteiger partial charge is 0.222 e. The fraction of sp³-hybridized carbons (Fsp3) is 0.889. The van der Waals surface area contributed by atoms with Gasteiger partial charge in [-0.15, -0.1) is 0 Å². The van der Waals surface area contributed by atoms with E-state index in [1.807, 2.05) is 14.1 Å². The average molecular weight is 623 g/mol. The van der Waals surface area contributed by atoms with Crippen LogP contribution in [-0.4, -0.2) is 73.7 Å². The number of unbranched alkanes of at least 4 members (excludes halogenated alkanes) is 17. The normalized spacial score (nSPS) is 10.9. The molecule has 0 atom stereocenters. The van der Waals surface area contributed by atoms with Gasteiger partial charge in [-0.1, -0.05) is 117 Å². The van der Waals surface area contributed by atoms with Crippen molar-refractivity contribution < 1.29 is 19.2 Å². The van der Waals surface area contributed by atoms with Crippen molar-refractivity contribution in [2.75, 3.05) is 40.3 Å². The van der Waals surface area contributed by atoms with Crippen LogP contribution in [0.25, 0.3) is 0 Å². The summed E-state index contributed by atoms with van der Waals surface area (Å²) in [6, 6.07) is 0. The SMILES string of the molecule is CCCCCCCN(C)C(=O)CCC(=O)NCCCCCCCCCCCCNC(=O)CCC(=O)N(C)CCCCCCC. The second kappa shape index (κ2) is 30.9. The van der Waals surface area contributed by atoms with E-state index in [9.17, 15) is 19.2 Å². The molecule has 0 rings (SSSR count). The summed E-state index contributed by atoms with van der Waals surface area (Å²) in [6.45, 7) is 7.36. The molecular formula is C36H70N4O4. The highest BCUT2D eigenvalue weighted by molar-refractivity contribution is 5.84. The molecule has 0 saturated carbocycles. The van der Waals surface area contributed by atoms with Gasteiger partial charge in [0.05, 0.1) is 0 Å². The Morgan fingerprint density at radius 3 is 1.05 bits per heavy atom. The maximum Gasteiger partial charge on any atom is 0.222 e. The Balaban J connectivity index is 3.49. The number of nitrogens with one attached hydrogen (secondary N) is 2. The third-order valence-corrected chi connectivity index (χ3v) is 8.43. The third kappa shape index (κ3) is 27.4. The minimum atomic E-state index is -0.0176. The molecule has 0 fully saturated rings. The fourth-order valence-corrected chi connectivity index (χ4v) is 5.27. The van der Waals surface area contributed by atoms with E-state index in [2.05, 4.69) is 24.5 Å². The number of amides is 4. The number of nitrogens with zero attached hydrogens (tertiary/aromatic N) is 2. The third-order valence-electron chi connectivity index (χ3n) is 8.43. The van der Waals surface area contributed by atoms with Crippen LogP contribution in [0.5, 0.6) is 0 Å². The first-order chi connectivity index (χ1) is 21.3. The van der Waals surface area contributed by atoms with Gasteiger partial charge >= 0.3 is 0 Å². The van der Waals surface area contributed by atoms with E-state index in [1.165, 1.54) is 77.0 Å². The molecule has 258 valence electrons. The summed E-state index contributed by atoms with van der Waals surface area (Å²) in [5.74, 6) is 0.0928. The number of hydrogen-bond acceptors (Lipinski definition) is 4. The highest BCUT2D eigenvalue weighted by atomic mass is 16.2. The van der Waals surface area contributed by atoms with Crippen LogP contribution < -0.4 is 10.6 Å². The van der Waals surface area contributed by atoms with E-state index in [0.717, 1.165) is 64.5 Å².